The summed E-state index contributed by atoms with van der Waals surface area (Å²) in [4.78, 5) is 2.59. The third kappa shape index (κ3) is 3.61. The molecule has 1 aliphatic heterocycles. The van der Waals surface area contributed by atoms with E-state index in [1.807, 2.05) is 10.9 Å². The van der Waals surface area contributed by atoms with E-state index in [1.54, 1.807) is 0 Å². The first-order valence-corrected chi connectivity index (χ1v) is 8.06. The highest BCUT2D eigenvalue weighted by Gasteiger charge is 2.33. The van der Waals surface area contributed by atoms with Crippen LogP contribution in [-0.4, -0.2) is 39.4 Å². The van der Waals surface area contributed by atoms with Crippen LogP contribution in [0, 0.1) is 0 Å². The van der Waals surface area contributed by atoms with E-state index in [9.17, 15) is 0 Å². The predicted octanol–water partition coefficient (Wildman–Crippen LogP) is 2.43. The van der Waals surface area contributed by atoms with E-state index >= 15 is 0 Å². The molecule has 1 fully saturated rings. The number of hydrogen-bond donors (Lipinski definition) is 1. The van der Waals surface area contributed by atoms with Crippen molar-refractivity contribution in [1.29, 1.82) is 0 Å². The molecule has 2 heterocycles. The first-order valence-electron chi connectivity index (χ1n) is 8.06. The van der Waals surface area contributed by atoms with Crippen LogP contribution in [0.15, 0.2) is 12.4 Å². The lowest BCUT2D eigenvalue weighted by molar-refractivity contribution is 0.0979. The van der Waals surface area contributed by atoms with Gasteiger partial charge in [-0.1, -0.05) is 12.8 Å². The largest absolute Gasteiger partial charge is 0.326 e. The molecule has 1 aromatic rings. The molecule has 20 heavy (non-hydrogen) atoms. The lowest BCUT2D eigenvalue weighted by atomic mass is 9.88. The Hall–Kier alpha value is -0.870. The van der Waals surface area contributed by atoms with Crippen molar-refractivity contribution in [3.8, 4) is 0 Å². The topological polar surface area (TPSA) is 47.1 Å². The van der Waals surface area contributed by atoms with E-state index in [4.69, 9.17) is 5.73 Å². The summed E-state index contributed by atoms with van der Waals surface area (Å²) >= 11 is 0. The van der Waals surface area contributed by atoms with Gasteiger partial charge in [-0.3, -0.25) is 9.58 Å². The molecule has 0 amide bonds. The Bertz CT molecular complexity index is 402. The van der Waals surface area contributed by atoms with Gasteiger partial charge in [-0.2, -0.15) is 5.10 Å². The van der Waals surface area contributed by atoms with Crippen LogP contribution in [-0.2, 0) is 13.0 Å². The zero-order chi connectivity index (χ0) is 14.6. The SMILES string of the molecule is CCn1cc(CC(N)C(C)(C)N2CCCCCC2)cn1. The number of hydrogen-bond acceptors (Lipinski definition) is 3. The number of aryl methyl sites for hydroxylation is 1. The lowest BCUT2D eigenvalue weighted by Gasteiger charge is -2.42. The van der Waals surface area contributed by atoms with Crippen molar-refractivity contribution in [2.75, 3.05) is 13.1 Å². The second-order valence-corrected chi connectivity index (χ2v) is 6.57. The lowest BCUT2D eigenvalue weighted by Crippen LogP contribution is -2.57. The van der Waals surface area contributed by atoms with Crippen molar-refractivity contribution in [3.05, 3.63) is 18.0 Å². The van der Waals surface area contributed by atoms with E-state index in [-0.39, 0.29) is 11.6 Å². The maximum Gasteiger partial charge on any atom is 0.0522 e. The second-order valence-electron chi connectivity index (χ2n) is 6.57. The fraction of sp³-hybridized carbons (Fsp3) is 0.812. The normalized spacial score (nSPS) is 19.8. The molecule has 0 bridgehead atoms. The summed E-state index contributed by atoms with van der Waals surface area (Å²) in [6.07, 6.45) is 10.3. The smallest absolute Gasteiger partial charge is 0.0522 e. The van der Waals surface area contributed by atoms with Crippen LogP contribution >= 0.6 is 0 Å². The molecule has 4 nitrogen and oxygen atoms in total. The summed E-state index contributed by atoms with van der Waals surface area (Å²) in [5.41, 5.74) is 7.84. The fourth-order valence-electron chi connectivity index (χ4n) is 3.07. The molecule has 0 radical (unpaired) electrons. The van der Waals surface area contributed by atoms with Crippen molar-refractivity contribution >= 4 is 0 Å². The molecular formula is C16H30N4. The molecule has 1 atom stereocenters. The molecule has 0 spiro atoms. The molecule has 4 heteroatoms. The van der Waals surface area contributed by atoms with Gasteiger partial charge in [0, 0.05) is 24.3 Å². The highest BCUT2D eigenvalue weighted by molar-refractivity contribution is 5.09. The molecule has 1 saturated heterocycles. The molecule has 0 aliphatic carbocycles. The molecule has 1 aliphatic rings. The quantitative estimate of drug-likeness (QED) is 0.900. The van der Waals surface area contributed by atoms with Crippen LogP contribution in [0.4, 0.5) is 0 Å². The van der Waals surface area contributed by atoms with E-state index < -0.39 is 0 Å². The van der Waals surface area contributed by atoms with Gasteiger partial charge in [0.15, 0.2) is 0 Å². The molecule has 1 aromatic heterocycles. The Morgan fingerprint density at radius 1 is 1.25 bits per heavy atom. The average molecular weight is 278 g/mol. The third-order valence-electron chi connectivity index (χ3n) is 4.79. The number of rotatable bonds is 5. The first kappa shape index (κ1) is 15.5. The van der Waals surface area contributed by atoms with Crippen LogP contribution in [0.25, 0.3) is 0 Å². The van der Waals surface area contributed by atoms with Gasteiger partial charge in [0.25, 0.3) is 0 Å². The maximum absolute atomic E-state index is 6.54. The minimum absolute atomic E-state index is 0.0542. The number of likely N-dealkylation sites (tertiary alicyclic amines) is 1. The average Bonchev–Trinajstić information content (AvgIpc) is 2.70. The van der Waals surface area contributed by atoms with Crippen LogP contribution in [0.1, 0.15) is 52.0 Å². The molecule has 114 valence electrons. The summed E-state index contributed by atoms with van der Waals surface area (Å²) in [5, 5.41) is 4.34. The Balaban J connectivity index is 1.99. The zero-order valence-electron chi connectivity index (χ0n) is 13.3. The number of aromatic nitrogens is 2. The number of nitrogens with zero attached hydrogens (tertiary/aromatic N) is 3. The van der Waals surface area contributed by atoms with Gasteiger partial charge in [-0.25, -0.2) is 0 Å². The molecule has 2 N–H and O–H groups in total. The Morgan fingerprint density at radius 3 is 2.45 bits per heavy atom. The van der Waals surface area contributed by atoms with Crippen LogP contribution in [0.2, 0.25) is 0 Å². The Morgan fingerprint density at radius 2 is 1.90 bits per heavy atom. The van der Waals surface area contributed by atoms with Crippen LogP contribution < -0.4 is 5.73 Å². The van der Waals surface area contributed by atoms with Gasteiger partial charge in [0.1, 0.15) is 0 Å². The molecule has 0 aromatic carbocycles. The van der Waals surface area contributed by atoms with Crippen molar-refractivity contribution in [3.63, 3.8) is 0 Å². The van der Waals surface area contributed by atoms with Crippen LogP contribution in [0.3, 0.4) is 0 Å². The van der Waals surface area contributed by atoms with E-state index in [0.717, 1.165) is 13.0 Å². The molecular weight excluding hydrogens is 248 g/mol. The summed E-state index contributed by atoms with van der Waals surface area (Å²) in [5.74, 6) is 0. The van der Waals surface area contributed by atoms with Gasteiger partial charge in [-0.15, -0.1) is 0 Å². The molecule has 0 saturated carbocycles. The second kappa shape index (κ2) is 6.72. The zero-order valence-corrected chi connectivity index (χ0v) is 13.3. The summed E-state index contributed by atoms with van der Waals surface area (Å²) in [7, 11) is 0. The van der Waals surface area contributed by atoms with Gasteiger partial charge in [0.05, 0.1) is 6.20 Å². The van der Waals surface area contributed by atoms with E-state index in [2.05, 4.69) is 37.0 Å². The van der Waals surface area contributed by atoms with Gasteiger partial charge >= 0.3 is 0 Å². The standard InChI is InChI=1S/C16H30N4/c1-4-20-13-14(12-18-20)11-15(17)16(2,3)19-9-7-5-6-8-10-19/h12-13,15H,4-11,17H2,1-3H3. The van der Waals surface area contributed by atoms with E-state index in [0.29, 0.717) is 0 Å². The van der Waals surface area contributed by atoms with Gasteiger partial charge in [-0.05, 0) is 58.7 Å². The highest BCUT2D eigenvalue weighted by Crippen LogP contribution is 2.24. The Labute approximate surface area is 123 Å². The van der Waals surface area contributed by atoms with Crippen molar-refractivity contribution in [1.82, 2.24) is 14.7 Å². The van der Waals surface area contributed by atoms with Crippen molar-refractivity contribution in [2.24, 2.45) is 5.73 Å². The third-order valence-corrected chi connectivity index (χ3v) is 4.79. The predicted molar refractivity (Wildman–Crippen MR) is 83.7 cm³/mol. The minimum Gasteiger partial charge on any atom is -0.326 e. The van der Waals surface area contributed by atoms with Gasteiger partial charge < -0.3 is 5.73 Å². The van der Waals surface area contributed by atoms with E-state index in [1.165, 1.54) is 44.3 Å². The monoisotopic (exact) mass is 278 g/mol. The van der Waals surface area contributed by atoms with Crippen LogP contribution in [0.5, 0.6) is 0 Å². The Kier molecular flexibility index (Phi) is 5.22. The van der Waals surface area contributed by atoms with Gasteiger partial charge in [0.2, 0.25) is 0 Å². The highest BCUT2D eigenvalue weighted by atomic mass is 15.3. The fourth-order valence-corrected chi connectivity index (χ4v) is 3.07. The summed E-state index contributed by atoms with van der Waals surface area (Å²) in [6.45, 7) is 10.0. The number of nitrogens with two attached hydrogens (primary N) is 1. The molecule has 2 rings (SSSR count). The molecule has 1 unspecified atom stereocenters. The van der Waals surface area contributed by atoms with Crippen molar-refractivity contribution in [2.45, 2.75) is 71.0 Å². The summed E-state index contributed by atoms with van der Waals surface area (Å²) < 4.78 is 1.97. The maximum atomic E-state index is 6.54. The van der Waals surface area contributed by atoms with Crippen molar-refractivity contribution < 1.29 is 0 Å². The first-order chi connectivity index (χ1) is 9.54. The summed E-state index contributed by atoms with van der Waals surface area (Å²) in [6, 6.07) is 0.148. The minimum atomic E-state index is 0.0542.